The summed E-state index contributed by atoms with van der Waals surface area (Å²) in [5.74, 6) is -2.38. The van der Waals surface area contributed by atoms with Crippen LogP contribution in [0.25, 0.3) is 0 Å². The molecule has 2 aromatic rings. The van der Waals surface area contributed by atoms with Crippen LogP contribution in [0.15, 0.2) is 29.6 Å². The fourth-order valence-electron chi connectivity index (χ4n) is 3.43. The van der Waals surface area contributed by atoms with Gasteiger partial charge >= 0.3 is 18.5 Å². The molecule has 1 atom stereocenters. The average molecular weight is 580 g/mol. The van der Waals surface area contributed by atoms with Crippen LogP contribution in [-0.4, -0.2) is 46.2 Å². The molecule has 0 aliphatic carbocycles. The molecule has 18 heteroatoms. The second-order valence-corrected chi connectivity index (χ2v) is 8.41. The molecule has 1 aliphatic rings. The fraction of sp³-hybridized carbons (Fsp3) is 0.400. The second kappa shape index (κ2) is 9.99. The van der Waals surface area contributed by atoms with Gasteiger partial charge in [-0.3, -0.25) is 14.3 Å². The molecule has 1 unspecified atom stereocenters. The zero-order chi connectivity index (χ0) is 28.7. The van der Waals surface area contributed by atoms with Gasteiger partial charge in [0.05, 0.1) is 28.4 Å². The van der Waals surface area contributed by atoms with E-state index in [1.165, 1.54) is 5.32 Å². The lowest BCUT2D eigenvalue weighted by molar-refractivity contribution is -0.277. The number of oxime groups is 1. The van der Waals surface area contributed by atoms with Crippen molar-refractivity contribution in [1.29, 1.82) is 0 Å². The van der Waals surface area contributed by atoms with Crippen molar-refractivity contribution < 1.29 is 53.9 Å². The van der Waals surface area contributed by atoms with Crippen LogP contribution in [0.5, 0.6) is 0 Å². The van der Waals surface area contributed by atoms with Crippen LogP contribution in [0.4, 0.5) is 45.2 Å². The van der Waals surface area contributed by atoms with Gasteiger partial charge in [0.1, 0.15) is 13.0 Å². The summed E-state index contributed by atoms with van der Waals surface area (Å²) >= 11 is 5.95. The number of alkyl halides is 9. The molecule has 0 saturated carbocycles. The number of halogens is 10. The Labute approximate surface area is 211 Å². The van der Waals surface area contributed by atoms with Crippen molar-refractivity contribution in [2.24, 2.45) is 12.2 Å². The van der Waals surface area contributed by atoms with Crippen LogP contribution in [0.3, 0.4) is 0 Å². The van der Waals surface area contributed by atoms with E-state index in [2.05, 4.69) is 20.4 Å². The molecule has 0 saturated heterocycles. The number of hydrogen-bond acceptors (Lipinski definition) is 5. The summed E-state index contributed by atoms with van der Waals surface area (Å²) in [6, 6.07) is 3.27. The van der Waals surface area contributed by atoms with E-state index in [0.29, 0.717) is 10.9 Å². The van der Waals surface area contributed by atoms with Gasteiger partial charge in [0.15, 0.2) is 5.69 Å². The highest BCUT2D eigenvalue weighted by Gasteiger charge is 2.65. The molecule has 0 radical (unpaired) electrons. The van der Waals surface area contributed by atoms with E-state index in [1.54, 1.807) is 0 Å². The van der Waals surface area contributed by atoms with Gasteiger partial charge in [-0.2, -0.15) is 44.6 Å². The summed E-state index contributed by atoms with van der Waals surface area (Å²) in [7, 11) is 0.997. The van der Waals surface area contributed by atoms with Crippen LogP contribution in [0.1, 0.15) is 29.7 Å². The van der Waals surface area contributed by atoms with Gasteiger partial charge in [-0.05, 0) is 12.1 Å². The molecule has 38 heavy (non-hydrogen) atoms. The summed E-state index contributed by atoms with van der Waals surface area (Å²) in [6.45, 7) is -1.68. The number of hydrogen-bond donors (Lipinski definition) is 2. The van der Waals surface area contributed by atoms with Crippen molar-refractivity contribution in [3.8, 4) is 0 Å². The van der Waals surface area contributed by atoms with E-state index in [9.17, 15) is 49.1 Å². The lowest BCUT2D eigenvalue weighted by Gasteiger charge is -2.29. The van der Waals surface area contributed by atoms with Crippen molar-refractivity contribution in [1.82, 2.24) is 15.1 Å². The second-order valence-electron chi connectivity index (χ2n) is 8.01. The number of amides is 2. The molecule has 1 aliphatic heterocycles. The van der Waals surface area contributed by atoms with Crippen molar-refractivity contribution >= 4 is 34.8 Å². The number of aromatic nitrogens is 2. The Morgan fingerprint density at radius 2 is 1.76 bits per heavy atom. The summed E-state index contributed by atoms with van der Waals surface area (Å²) in [6.07, 6.45) is -17.1. The van der Waals surface area contributed by atoms with Crippen LogP contribution in [0, 0.1) is 0 Å². The zero-order valence-corrected chi connectivity index (χ0v) is 19.5. The molecule has 2 amide bonds. The first-order valence-electron chi connectivity index (χ1n) is 10.2. The molecule has 0 bridgehead atoms. The normalized spacial score (nSPS) is 18.1. The average Bonchev–Trinajstić information content (AvgIpc) is 3.38. The molecule has 0 spiro atoms. The van der Waals surface area contributed by atoms with Crippen molar-refractivity contribution in [3.63, 3.8) is 0 Å². The Balaban J connectivity index is 1.85. The highest BCUT2D eigenvalue weighted by molar-refractivity contribution is 6.34. The lowest BCUT2D eigenvalue weighted by atomic mass is 9.86. The smallest absolute Gasteiger partial charge is 0.374 e. The number of nitrogens with one attached hydrogen (secondary N) is 2. The number of nitrogens with zero attached hydrogens (tertiary/aromatic N) is 3. The van der Waals surface area contributed by atoms with Crippen LogP contribution >= 0.6 is 11.6 Å². The highest BCUT2D eigenvalue weighted by atomic mass is 35.5. The van der Waals surface area contributed by atoms with Crippen LogP contribution in [0.2, 0.25) is 5.02 Å². The number of rotatable bonds is 6. The van der Waals surface area contributed by atoms with E-state index in [-0.39, 0.29) is 16.3 Å². The Morgan fingerprint density at radius 1 is 1.11 bits per heavy atom. The molecule has 8 nitrogen and oxygen atoms in total. The molecule has 208 valence electrons. The van der Waals surface area contributed by atoms with Crippen molar-refractivity contribution in [3.05, 3.63) is 46.2 Å². The van der Waals surface area contributed by atoms with Gasteiger partial charge in [-0.15, -0.1) is 0 Å². The van der Waals surface area contributed by atoms with Gasteiger partial charge in [0.25, 0.3) is 5.60 Å². The molecule has 2 N–H and O–H groups in total. The molecule has 1 aromatic heterocycles. The van der Waals surface area contributed by atoms with Gasteiger partial charge in [-0.25, -0.2) is 0 Å². The maximum Gasteiger partial charge on any atom is 0.435 e. The zero-order valence-electron chi connectivity index (χ0n) is 18.8. The molecular formula is C20H15ClF9N5O3. The minimum absolute atomic E-state index is 0.144. The van der Waals surface area contributed by atoms with Gasteiger partial charge < -0.3 is 15.5 Å². The third-order valence-corrected chi connectivity index (χ3v) is 5.43. The van der Waals surface area contributed by atoms with Crippen molar-refractivity contribution in [2.75, 3.05) is 11.9 Å². The standard InChI is InChI=1S/C20H15ClF9N5O3/c1-35-7-10(16(33-35)19(25,26)27)17(20(28,29)30)6-13(34-38-17)9-2-3-11(21)12(4-9)32-15(37)5-14(36)31-8-18(22,23)24/h2-4,7H,5-6,8H2,1H3,(H,31,36)(H,32,37). The number of benzene rings is 1. The molecule has 1 aromatic carbocycles. The van der Waals surface area contributed by atoms with Crippen LogP contribution in [-0.2, 0) is 33.3 Å². The number of carbonyl (C=O) groups excluding carboxylic acids is 2. The lowest BCUT2D eigenvalue weighted by Crippen LogP contribution is -2.43. The third kappa shape index (κ3) is 6.31. The maximum atomic E-state index is 14.2. The first kappa shape index (κ1) is 29.1. The minimum Gasteiger partial charge on any atom is -0.374 e. The van der Waals surface area contributed by atoms with Gasteiger partial charge in [0, 0.05) is 18.8 Å². The minimum atomic E-state index is -5.38. The van der Waals surface area contributed by atoms with E-state index < -0.39 is 72.3 Å². The molecule has 0 fully saturated rings. The third-order valence-electron chi connectivity index (χ3n) is 5.10. The summed E-state index contributed by atoms with van der Waals surface area (Å²) < 4.78 is 120. The predicted octanol–water partition coefficient (Wildman–Crippen LogP) is 4.68. The molecule has 2 heterocycles. The Morgan fingerprint density at radius 3 is 2.34 bits per heavy atom. The molecule has 3 rings (SSSR count). The Bertz CT molecular complexity index is 1270. The first-order valence-corrected chi connectivity index (χ1v) is 10.6. The Hall–Kier alpha value is -3.50. The number of aryl methyl sites for hydroxylation is 1. The number of anilines is 1. The van der Waals surface area contributed by atoms with E-state index in [0.717, 1.165) is 25.2 Å². The summed E-state index contributed by atoms with van der Waals surface area (Å²) in [4.78, 5) is 28.2. The predicted molar refractivity (Wildman–Crippen MR) is 112 cm³/mol. The SMILES string of the molecule is Cn1cc(C2(C(F)(F)F)CC(c3ccc(Cl)c(NC(=O)CC(=O)NCC(F)(F)F)c3)=NO2)c(C(F)(F)F)n1. The van der Waals surface area contributed by atoms with Gasteiger partial charge in [0.2, 0.25) is 11.8 Å². The van der Waals surface area contributed by atoms with Crippen molar-refractivity contribution in [2.45, 2.75) is 37.0 Å². The van der Waals surface area contributed by atoms with E-state index in [1.807, 2.05) is 0 Å². The summed E-state index contributed by atoms with van der Waals surface area (Å²) in [5, 5.41) is 9.87. The van der Waals surface area contributed by atoms with E-state index in [4.69, 9.17) is 11.6 Å². The van der Waals surface area contributed by atoms with E-state index >= 15 is 0 Å². The quantitative estimate of drug-likeness (QED) is 0.384. The first-order chi connectivity index (χ1) is 17.3. The monoisotopic (exact) mass is 579 g/mol. The summed E-state index contributed by atoms with van der Waals surface area (Å²) in [5.41, 5.74) is -7.54. The van der Waals surface area contributed by atoms with Gasteiger partial charge in [-0.1, -0.05) is 22.8 Å². The Kier molecular flexibility index (Phi) is 7.64. The molecular weight excluding hydrogens is 565 g/mol. The van der Waals surface area contributed by atoms with Crippen LogP contribution < -0.4 is 10.6 Å². The largest absolute Gasteiger partial charge is 0.435 e. The fourth-order valence-corrected chi connectivity index (χ4v) is 3.60. The highest BCUT2D eigenvalue weighted by Crippen LogP contribution is 2.51. The maximum absolute atomic E-state index is 14.2. The topological polar surface area (TPSA) is 97.6 Å². The number of carbonyl (C=O) groups is 2.